The maximum absolute atomic E-state index is 6.25. The molecule has 2 rings (SSSR count). The third-order valence-electron chi connectivity index (χ3n) is 4.31. The molecule has 1 heterocycles. The van der Waals surface area contributed by atoms with Gasteiger partial charge in [0.1, 0.15) is 0 Å². The average Bonchev–Trinajstić information content (AvgIpc) is 2.26. The van der Waals surface area contributed by atoms with Crippen molar-refractivity contribution in [2.75, 3.05) is 19.8 Å². The Morgan fingerprint density at radius 2 is 1.94 bits per heavy atom. The fourth-order valence-electron chi connectivity index (χ4n) is 3.79. The van der Waals surface area contributed by atoms with E-state index in [2.05, 4.69) is 33.0 Å². The molecule has 3 atom stereocenters. The van der Waals surface area contributed by atoms with Crippen molar-refractivity contribution in [2.24, 2.45) is 11.8 Å². The molecule has 0 aromatic heterocycles. The van der Waals surface area contributed by atoms with Gasteiger partial charge in [0.15, 0.2) is 0 Å². The lowest BCUT2D eigenvalue weighted by Crippen LogP contribution is -2.62. The van der Waals surface area contributed by atoms with Crippen LogP contribution in [0.5, 0.6) is 0 Å². The highest BCUT2D eigenvalue weighted by Crippen LogP contribution is 2.41. The predicted octanol–water partition coefficient (Wildman–Crippen LogP) is 2.59. The van der Waals surface area contributed by atoms with Gasteiger partial charge in [-0.2, -0.15) is 0 Å². The molecule has 18 heavy (non-hydrogen) atoms. The summed E-state index contributed by atoms with van der Waals surface area (Å²) >= 11 is 0. The van der Waals surface area contributed by atoms with E-state index in [1.165, 1.54) is 19.3 Å². The summed E-state index contributed by atoms with van der Waals surface area (Å²) in [6, 6.07) is 0.360. The summed E-state index contributed by atoms with van der Waals surface area (Å²) in [5.41, 5.74) is 0.0181. The van der Waals surface area contributed by atoms with Gasteiger partial charge >= 0.3 is 0 Å². The van der Waals surface area contributed by atoms with Crippen LogP contribution in [-0.4, -0.2) is 37.5 Å². The van der Waals surface area contributed by atoms with E-state index in [-0.39, 0.29) is 5.60 Å². The van der Waals surface area contributed by atoms with E-state index in [1.54, 1.807) is 0 Å². The van der Waals surface area contributed by atoms with Crippen molar-refractivity contribution in [3.05, 3.63) is 0 Å². The van der Waals surface area contributed by atoms with E-state index in [4.69, 9.17) is 9.47 Å². The van der Waals surface area contributed by atoms with Gasteiger partial charge in [-0.25, -0.2) is 0 Å². The number of hydrogen-bond acceptors (Lipinski definition) is 3. The molecule has 0 aromatic carbocycles. The Balaban J connectivity index is 2.05. The van der Waals surface area contributed by atoms with E-state index in [0.29, 0.717) is 12.1 Å². The lowest BCUT2D eigenvalue weighted by Gasteiger charge is -2.50. The lowest BCUT2D eigenvalue weighted by molar-refractivity contribution is -0.151. The van der Waals surface area contributed by atoms with Crippen LogP contribution in [-0.2, 0) is 9.47 Å². The average molecular weight is 255 g/mol. The minimum atomic E-state index is 0.0181. The highest BCUT2D eigenvalue weighted by atomic mass is 16.5. The molecule has 3 heteroatoms. The summed E-state index contributed by atoms with van der Waals surface area (Å²) in [6.07, 6.45) is 3.99. The molecule has 1 saturated heterocycles. The summed E-state index contributed by atoms with van der Waals surface area (Å²) in [5.74, 6) is 1.52. The Morgan fingerprint density at radius 1 is 1.28 bits per heavy atom. The Kier molecular flexibility index (Phi) is 4.68. The van der Waals surface area contributed by atoms with E-state index in [0.717, 1.165) is 31.6 Å². The minimum Gasteiger partial charge on any atom is -0.377 e. The van der Waals surface area contributed by atoms with Gasteiger partial charge in [-0.15, -0.1) is 0 Å². The molecular weight excluding hydrogens is 226 g/mol. The molecule has 1 aliphatic carbocycles. The van der Waals surface area contributed by atoms with Gasteiger partial charge in [0.25, 0.3) is 0 Å². The third kappa shape index (κ3) is 3.25. The molecule has 3 nitrogen and oxygen atoms in total. The summed E-state index contributed by atoms with van der Waals surface area (Å²) in [5, 5.41) is 3.63. The fraction of sp³-hybridized carbons (Fsp3) is 1.00. The van der Waals surface area contributed by atoms with Crippen LogP contribution < -0.4 is 5.32 Å². The first-order valence-corrected chi connectivity index (χ1v) is 7.51. The summed E-state index contributed by atoms with van der Waals surface area (Å²) < 4.78 is 12.1. The minimum absolute atomic E-state index is 0.0181. The van der Waals surface area contributed by atoms with Crippen molar-refractivity contribution < 1.29 is 9.47 Å². The van der Waals surface area contributed by atoms with Crippen LogP contribution in [0.2, 0.25) is 0 Å². The van der Waals surface area contributed by atoms with E-state index in [1.807, 2.05) is 0 Å². The van der Waals surface area contributed by atoms with Gasteiger partial charge < -0.3 is 14.8 Å². The molecule has 0 amide bonds. The highest BCUT2D eigenvalue weighted by Gasteiger charge is 2.46. The largest absolute Gasteiger partial charge is 0.377 e. The second-order valence-electron chi connectivity index (χ2n) is 6.66. The molecule has 2 aliphatic rings. The van der Waals surface area contributed by atoms with Crippen LogP contribution in [0, 0.1) is 11.8 Å². The van der Waals surface area contributed by atoms with E-state index < -0.39 is 0 Å². The number of nitrogens with one attached hydrogen (secondary N) is 1. The Morgan fingerprint density at radius 3 is 2.56 bits per heavy atom. The number of morpholine rings is 1. The molecule has 106 valence electrons. The second-order valence-corrected chi connectivity index (χ2v) is 6.66. The van der Waals surface area contributed by atoms with Crippen LogP contribution in [0.25, 0.3) is 0 Å². The third-order valence-corrected chi connectivity index (χ3v) is 4.31. The highest BCUT2D eigenvalue weighted by molar-refractivity contribution is 5.00. The summed E-state index contributed by atoms with van der Waals surface area (Å²) in [6.45, 7) is 11.5. The van der Waals surface area contributed by atoms with E-state index in [9.17, 15) is 0 Å². The van der Waals surface area contributed by atoms with Crippen LogP contribution in [0.3, 0.4) is 0 Å². The Hall–Kier alpha value is -0.120. The first-order chi connectivity index (χ1) is 8.52. The van der Waals surface area contributed by atoms with Gasteiger partial charge in [0, 0.05) is 6.54 Å². The smallest absolute Gasteiger partial charge is 0.0863 e. The van der Waals surface area contributed by atoms with Gasteiger partial charge in [-0.3, -0.25) is 0 Å². The Labute approximate surface area is 112 Å². The lowest BCUT2D eigenvalue weighted by atomic mass is 9.70. The normalized spacial score (nSPS) is 41.5. The van der Waals surface area contributed by atoms with Crippen molar-refractivity contribution in [3.8, 4) is 0 Å². The zero-order chi connectivity index (χ0) is 13.2. The summed E-state index contributed by atoms with van der Waals surface area (Å²) in [4.78, 5) is 0. The molecule has 2 fully saturated rings. The van der Waals surface area contributed by atoms with Crippen molar-refractivity contribution >= 4 is 0 Å². The number of rotatable bonds is 3. The van der Waals surface area contributed by atoms with Crippen molar-refractivity contribution in [1.29, 1.82) is 0 Å². The summed E-state index contributed by atoms with van der Waals surface area (Å²) in [7, 11) is 0. The zero-order valence-electron chi connectivity index (χ0n) is 12.4. The van der Waals surface area contributed by atoms with Crippen LogP contribution in [0.1, 0.15) is 47.0 Å². The van der Waals surface area contributed by atoms with Gasteiger partial charge in [0.2, 0.25) is 0 Å². The molecule has 1 N–H and O–H groups in total. The van der Waals surface area contributed by atoms with Crippen molar-refractivity contribution in [1.82, 2.24) is 5.32 Å². The predicted molar refractivity (Wildman–Crippen MR) is 73.7 cm³/mol. The SMILES string of the molecule is CC1CC(C)CC2(C1)OCCNC2COC(C)C. The fourth-order valence-corrected chi connectivity index (χ4v) is 3.79. The molecule has 0 aromatic rings. The van der Waals surface area contributed by atoms with Crippen molar-refractivity contribution in [3.63, 3.8) is 0 Å². The molecule has 0 bridgehead atoms. The van der Waals surface area contributed by atoms with Crippen LogP contribution in [0.15, 0.2) is 0 Å². The standard InChI is InChI=1S/C15H29NO2/c1-11(2)17-10-14-15(18-6-5-16-14)8-12(3)7-13(4)9-15/h11-14,16H,5-10H2,1-4H3. The molecule has 1 saturated carbocycles. The second kappa shape index (κ2) is 5.89. The maximum atomic E-state index is 6.25. The molecule has 3 unspecified atom stereocenters. The molecule has 0 radical (unpaired) electrons. The molecule has 1 spiro atoms. The molecular formula is C15H29NO2. The van der Waals surface area contributed by atoms with E-state index >= 15 is 0 Å². The van der Waals surface area contributed by atoms with Crippen LogP contribution >= 0.6 is 0 Å². The number of ether oxygens (including phenoxy) is 2. The van der Waals surface area contributed by atoms with Gasteiger partial charge in [0.05, 0.1) is 31.0 Å². The van der Waals surface area contributed by atoms with Crippen LogP contribution in [0.4, 0.5) is 0 Å². The topological polar surface area (TPSA) is 30.5 Å². The van der Waals surface area contributed by atoms with Gasteiger partial charge in [-0.1, -0.05) is 13.8 Å². The Bertz CT molecular complexity index is 257. The number of hydrogen-bond donors (Lipinski definition) is 1. The quantitative estimate of drug-likeness (QED) is 0.841. The monoisotopic (exact) mass is 255 g/mol. The van der Waals surface area contributed by atoms with Crippen molar-refractivity contribution in [2.45, 2.75) is 64.7 Å². The molecule has 1 aliphatic heterocycles. The maximum Gasteiger partial charge on any atom is 0.0863 e. The van der Waals surface area contributed by atoms with Gasteiger partial charge in [-0.05, 0) is 44.9 Å². The first kappa shape index (κ1) is 14.3. The first-order valence-electron chi connectivity index (χ1n) is 7.51. The zero-order valence-corrected chi connectivity index (χ0v) is 12.4.